The molecule has 2 aromatic rings. The molecular weight excluding hydrogens is 382 g/mol. The molecule has 0 aliphatic heterocycles. The van der Waals surface area contributed by atoms with Crippen molar-refractivity contribution in [1.82, 2.24) is 30.7 Å². The number of amides is 1. The fourth-order valence-corrected chi connectivity index (χ4v) is 2.53. The summed E-state index contributed by atoms with van der Waals surface area (Å²) in [6.45, 7) is 13.0. The van der Waals surface area contributed by atoms with Gasteiger partial charge in [-0.05, 0) is 65.3 Å². The summed E-state index contributed by atoms with van der Waals surface area (Å²) in [6, 6.07) is 5.73. The SMILES string of the molecule is CCNC(=NCc1ccnc(-n2cccn2)c1)NCC(C)(C)NC(=O)OC(C)(C)C. The van der Waals surface area contributed by atoms with Gasteiger partial charge < -0.3 is 20.7 Å². The van der Waals surface area contributed by atoms with E-state index in [-0.39, 0.29) is 0 Å². The minimum atomic E-state index is -0.538. The van der Waals surface area contributed by atoms with Gasteiger partial charge in [0.1, 0.15) is 5.60 Å². The highest BCUT2D eigenvalue weighted by molar-refractivity contribution is 5.80. The predicted octanol–water partition coefficient (Wildman–Crippen LogP) is 2.63. The molecule has 0 unspecified atom stereocenters. The van der Waals surface area contributed by atoms with Gasteiger partial charge in [0.2, 0.25) is 0 Å². The van der Waals surface area contributed by atoms with Crippen LogP contribution in [0.25, 0.3) is 5.82 Å². The van der Waals surface area contributed by atoms with Gasteiger partial charge in [-0.25, -0.2) is 19.5 Å². The van der Waals surface area contributed by atoms with Crippen LogP contribution in [-0.4, -0.2) is 51.0 Å². The van der Waals surface area contributed by atoms with E-state index in [2.05, 4.69) is 31.0 Å². The fraction of sp³-hybridized carbons (Fsp3) is 0.524. The number of aromatic nitrogens is 3. The van der Waals surface area contributed by atoms with Crippen LogP contribution in [0.2, 0.25) is 0 Å². The molecule has 0 bridgehead atoms. The van der Waals surface area contributed by atoms with Gasteiger partial charge in [0, 0.05) is 31.7 Å². The molecular formula is C21H33N7O2. The van der Waals surface area contributed by atoms with Crippen molar-refractivity contribution < 1.29 is 9.53 Å². The Labute approximate surface area is 178 Å². The lowest BCUT2D eigenvalue weighted by atomic mass is 10.1. The van der Waals surface area contributed by atoms with Crippen LogP contribution >= 0.6 is 0 Å². The molecule has 0 spiro atoms. The van der Waals surface area contributed by atoms with Gasteiger partial charge in [-0.15, -0.1) is 0 Å². The molecule has 2 rings (SSSR count). The largest absolute Gasteiger partial charge is 0.444 e. The summed E-state index contributed by atoms with van der Waals surface area (Å²) in [5.41, 5.74) is -0.0507. The van der Waals surface area contributed by atoms with Crippen LogP contribution in [0.1, 0.15) is 47.1 Å². The Balaban J connectivity index is 1.97. The van der Waals surface area contributed by atoms with Gasteiger partial charge in [0.25, 0.3) is 0 Å². The molecule has 0 atom stereocenters. The van der Waals surface area contributed by atoms with Crippen LogP contribution in [0.5, 0.6) is 0 Å². The van der Waals surface area contributed by atoms with Crippen molar-refractivity contribution in [2.75, 3.05) is 13.1 Å². The molecule has 30 heavy (non-hydrogen) atoms. The molecule has 2 aromatic heterocycles. The van der Waals surface area contributed by atoms with Crippen molar-refractivity contribution in [1.29, 1.82) is 0 Å². The molecule has 3 N–H and O–H groups in total. The number of pyridine rings is 1. The highest BCUT2D eigenvalue weighted by Crippen LogP contribution is 2.10. The van der Waals surface area contributed by atoms with Crippen molar-refractivity contribution >= 4 is 12.1 Å². The average Bonchev–Trinajstić information content (AvgIpc) is 3.17. The maximum absolute atomic E-state index is 12.1. The average molecular weight is 416 g/mol. The summed E-state index contributed by atoms with van der Waals surface area (Å²) in [4.78, 5) is 21.0. The summed E-state index contributed by atoms with van der Waals surface area (Å²) < 4.78 is 7.05. The monoisotopic (exact) mass is 415 g/mol. The number of ether oxygens (including phenoxy) is 1. The lowest BCUT2D eigenvalue weighted by Gasteiger charge is -2.29. The number of hydrogen-bond donors (Lipinski definition) is 3. The highest BCUT2D eigenvalue weighted by Gasteiger charge is 2.24. The maximum atomic E-state index is 12.1. The van der Waals surface area contributed by atoms with E-state index in [4.69, 9.17) is 4.74 Å². The third-order valence-electron chi connectivity index (χ3n) is 3.85. The number of carbonyl (C=O) groups is 1. The standard InChI is InChI=1S/C21H33N7O2/c1-7-22-18(25-15-21(5,6)27-19(29)30-20(2,3)4)24-14-16-9-11-23-17(13-16)28-12-8-10-26-28/h8-13H,7,14-15H2,1-6H3,(H,27,29)(H2,22,24,25). The van der Waals surface area contributed by atoms with Crippen molar-refractivity contribution in [2.24, 2.45) is 4.99 Å². The van der Waals surface area contributed by atoms with Crippen LogP contribution < -0.4 is 16.0 Å². The zero-order chi connectivity index (χ0) is 22.2. The third-order valence-corrected chi connectivity index (χ3v) is 3.85. The van der Waals surface area contributed by atoms with E-state index < -0.39 is 17.2 Å². The lowest BCUT2D eigenvalue weighted by molar-refractivity contribution is 0.0474. The summed E-state index contributed by atoms with van der Waals surface area (Å²) in [5.74, 6) is 1.40. The number of guanidine groups is 1. The van der Waals surface area contributed by atoms with Crippen LogP contribution in [0.15, 0.2) is 41.8 Å². The van der Waals surface area contributed by atoms with Crippen molar-refractivity contribution in [3.63, 3.8) is 0 Å². The lowest BCUT2D eigenvalue weighted by Crippen LogP contribution is -2.54. The first-order chi connectivity index (χ1) is 14.1. The second-order valence-corrected chi connectivity index (χ2v) is 8.53. The molecule has 9 nitrogen and oxygen atoms in total. The Hall–Kier alpha value is -3.10. The van der Waals surface area contributed by atoms with E-state index in [9.17, 15) is 4.79 Å². The summed E-state index contributed by atoms with van der Waals surface area (Å²) >= 11 is 0. The summed E-state index contributed by atoms with van der Waals surface area (Å²) in [7, 11) is 0. The number of rotatable bonds is 7. The number of aliphatic imine (C=N–C) groups is 1. The first-order valence-corrected chi connectivity index (χ1v) is 10.1. The zero-order valence-electron chi connectivity index (χ0n) is 18.7. The Kier molecular flexibility index (Phi) is 7.79. The minimum absolute atomic E-state index is 0.445. The molecule has 9 heteroatoms. The second-order valence-electron chi connectivity index (χ2n) is 8.53. The van der Waals surface area contributed by atoms with Crippen LogP contribution in [-0.2, 0) is 11.3 Å². The Morgan fingerprint density at radius 1 is 1.20 bits per heavy atom. The number of carbonyl (C=O) groups excluding carboxylic acids is 1. The molecule has 0 fully saturated rings. The quantitative estimate of drug-likeness (QED) is 0.474. The molecule has 0 saturated carbocycles. The van der Waals surface area contributed by atoms with E-state index >= 15 is 0 Å². The first kappa shape index (κ1) is 23.2. The van der Waals surface area contributed by atoms with Gasteiger partial charge in [-0.2, -0.15) is 5.10 Å². The number of nitrogens with zero attached hydrogens (tertiary/aromatic N) is 4. The number of hydrogen-bond acceptors (Lipinski definition) is 5. The molecule has 0 aromatic carbocycles. The van der Waals surface area contributed by atoms with Crippen LogP contribution in [0, 0.1) is 0 Å². The van der Waals surface area contributed by atoms with E-state index in [1.165, 1.54) is 0 Å². The van der Waals surface area contributed by atoms with Crippen molar-refractivity contribution in [3.05, 3.63) is 42.4 Å². The summed E-state index contributed by atoms with van der Waals surface area (Å²) in [6.07, 6.45) is 4.86. The van der Waals surface area contributed by atoms with Gasteiger partial charge in [-0.1, -0.05) is 0 Å². The van der Waals surface area contributed by atoms with E-state index in [0.29, 0.717) is 19.0 Å². The molecule has 0 aliphatic rings. The number of alkyl carbamates (subject to hydrolysis) is 1. The first-order valence-electron chi connectivity index (χ1n) is 10.1. The van der Waals surface area contributed by atoms with Crippen molar-refractivity contribution in [2.45, 2.75) is 59.2 Å². The fourth-order valence-electron chi connectivity index (χ4n) is 2.53. The molecule has 1 amide bonds. The van der Waals surface area contributed by atoms with Gasteiger partial charge in [-0.3, -0.25) is 0 Å². The predicted molar refractivity (Wildman–Crippen MR) is 118 cm³/mol. The van der Waals surface area contributed by atoms with Gasteiger partial charge >= 0.3 is 6.09 Å². The van der Waals surface area contributed by atoms with Gasteiger partial charge in [0.05, 0.1) is 12.1 Å². The van der Waals surface area contributed by atoms with Crippen LogP contribution in [0.4, 0.5) is 4.79 Å². The van der Waals surface area contributed by atoms with Gasteiger partial charge in [0.15, 0.2) is 11.8 Å². The molecule has 0 saturated heterocycles. The normalized spacial score (nSPS) is 12.4. The smallest absolute Gasteiger partial charge is 0.408 e. The zero-order valence-corrected chi connectivity index (χ0v) is 18.7. The maximum Gasteiger partial charge on any atom is 0.408 e. The Morgan fingerprint density at radius 2 is 1.97 bits per heavy atom. The van der Waals surface area contributed by atoms with E-state index in [0.717, 1.165) is 17.9 Å². The molecule has 2 heterocycles. The Bertz CT molecular complexity index is 839. The molecule has 0 radical (unpaired) electrons. The number of nitrogens with one attached hydrogen (secondary N) is 3. The second kappa shape index (κ2) is 10.1. The summed E-state index contributed by atoms with van der Waals surface area (Å²) in [5, 5.41) is 13.6. The topological polar surface area (TPSA) is 105 Å². The minimum Gasteiger partial charge on any atom is -0.444 e. The van der Waals surface area contributed by atoms with Crippen LogP contribution in [0.3, 0.4) is 0 Å². The Morgan fingerprint density at radius 3 is 2.60 bits per heavy atom. The highest BCUT2D eigenvalue weighted by atomic mass is 16.6. The van der Waals surface area contributed by atoms with E-state index in [1.807, 2.05) is 65.9 Å². The van der Waals surface area contributed by atoms with Crippen molar-refractivity contribution in [3.8, 4) is 5.82 Å². The molecule has 0 aliphatic carbocycles. The third kappa shape index (κ3) is 8.10. The molecule has 164 valence electrons. The van der Waals surface area contributed by atoms with E-state index in [1.54, 1.807) is 17.1 Å².